The number of imidazole rings is 1. The average Bonchev–Trinajstić information content (AvgIpc) is 3.26. The van der Waals surface area contributed by atoms with Crippen LogP contribution >= 0.6 is 0 Å². The molecule has 2 atom stereocenters. The Balaban J connectivity index is 1.60. The van der Waals surface area contributed by atoms with Crippen molar-refractivity contribution in [1.29, 1.82) is 0 Å². The summed E-state index contributed by atoms with van der Waals surface area (Å²) in [5, 5.41) is 3.99. The standard InChI is InChI=1S/C21H26F2N6O5S/c1-32-5-6-33-15-7-14(12-34-35(2,30)31)10-28(11-15)20-8-17(25-13-26-20)18-9-24-19-4-3-16(21(22)23)27-29(18)19/h3-4,8-9,13-15,21H,5-7,10-12H2,1-2H3. The Morgan fingerprint density at radius 1 is 1.17 bits per heavy atom. The SMILES string of the molecule is COCCOC1CC(COS(C)(=O)=O)CN(c2cc(-c3cnc4ccc(C(F)F)nn34)ncn2)C1. The number of ether oxygens (including phenoxy) is 2. The topological polar surface area (TPSA) is 121 Å². The Morgan fingerprint density at radius 2 is 2.00 bits per heavy atom. The number of hydrogen-bond donors (Lipinski definition) is 0. The summed E-state index contributed by atoms with van der Waals surface area (Å²) in [5.74, 6) is 0.440. The van der Waals surface area contributed by atoms with Gasteiger partial charge in [-0.1, -0.05) is 0 Å². The third-order valence-electron chi connectivity index (χ3n) is 5.50. The smallest absolute Gasteiger partial charge is 0.282 e. The molecule has 3 aromatic rings. The highest BCUT2D eigenvalue weighted by Crippen LogP contribution is 2.27. The van der Waals surface area contributed by atoms with E-state index in [1.165, 1.54) is 29.2 Å². The maximum atomic E-state index is 13.2. The number of methoxy groups -OCH3 is 1. The van der Waals surface area contributed by atoms with Crippen molar-refractivity contribution >= 4 is 21.6 Å². The van der Waals surface area contributed by atoms with E-state index in [0.717, 1.165) is 6.26 Å². The van der Waals surface area contributed by atoms with Crippen molar-refractivity contribution in [2.45, 2.75) is 19.0 Å². The van der Waals surface area contributed by atoms with Gasteiger partial charge in [-0.05, 0) is 18.6 Å². The number of fused-ring (bicyclic) bond motifs is 1. The molecule has 3 aromatic heterocycles. The van der Waals surface area contributed by atoms with Crippen molar-refractivity contribution in [2.24, 2.45) is 5.92 Å². The highest BCUT2D eigenvalue weighted by atomic mass is 32.2. The normalized spacial score (nSPS) is 19.1. The van der Waals surface area contributed by atoms with Gasteiger partial charge in [-0.15, -0.1) is 0 Å². The third kappa shape index (κ3) is 6.45. The highest BCUT2D eigenvalue weighted by Gasteiger charge is 2.30. The van der Waals surface area contributed by atoms with Crippen LogP contribution in [-0.4, -0.2) is 85.4 Å². The quantitative estimate of drug-likeness (QED) is 0.294. The van der Waals surface area contributed by atoms with E-state index in [9.17, 15) is 17.2 Å². The molecule has 1 saturated heterocycles. The Bertz CT molecular complexity index is 1260. The lowest BCUT2D eigenvalue weighted by Crippen LogP contribution is -2.46. The lowest BCUT2D eigenvalue weighted by Gasteiger charge is -2.38. The van der Waals surface area contributed by atoms with Crippen molar-refractivity contribution < 1.29 is 30.9 Å². The number of nitrogens with zero attached hydrogens (tertiary/aromatic N) is 6. The molecule has 0 amide bonds. The van der Waals surface area contributed by atoms with Crippen LogP contribution in [0.3, 0.4) is 0 Å². The van der Waals surface area contributed by atoms with Crippen LogP contribution in [0.25, 0.3) is 17.0 Å². The van der Waals surface area contributed by atoms with Crippen LogP contribution in [0, 0.1) is 5.92 Å². The van der Waals surface area contributed by atoms with Gasteiger partial charge in [0.25, 0.3) is 16.5 Å². The molecule has 1 fully saturated rings. The van der Waals surface area contributed by atoms with E-state index in [-0.39, 0.29) is 24.3 Å². The Kier molecular flexibility index (Phi) is 7.84. The Morgan fingerprint density at radius 3 is 2.74 bits per heavy atom. The number of alkyl halides is 2. The minimum Gasteiger partial charge on any atom is -0.382 e. The summed E-state index contributed by atoms with van der Waals surface area (Å²) in [5.41, 5.74) is 0.930. The van der Waals surface area contributed by atoms with Gasteiger partial charge in [0.05, 0.1) is 44.1 Å². The molecular weight excluding hydrogens is 486 g/mol. The maximum Gasteiger partial charge on any atom is 0.282 e. The number of hydrogen-bond acceptors (Lipinski definition) is 10. The van der Waals surface area contributed by atoms with Gasteiger partial charge in [-0.25, -0.2) is 28.2 Å². The van der Waals surface area contributed by atoms with Crippen molar-refractivity contribution in [3.63, 3.8) is 0 Å². The molecule has 11 nitrogen and oxygen atoms in total. The van der Waals surface area contributed by atoms with Crippen LogP contribution in [0.15, 0.2) is 30.7 Å². The van der Waals surface area contributed by atoms with Crippen LogP contribution in [0.1, 0.15) is 18.5 Å². The van der Waals surface area contributed by atoms with Gasteiger partial charge in [0, 0.05) is 32.2 Å². The first-order chi connectivity index (χ1) is 16.7. The van der Waals surface area contributed by atoms with Crippen molar-refractivity contribution in [3.8, 4) is 11.4 Å². The largest absolute Gasteiger partial charge is 0.382 e. The van der Waals surface area contributed by atoms with Gasteiger partial charge in [0.15, 0.2) is 5.65 Å². The molecular formula is C21H26F2N6O5S. The number of anilines is 1. The fraction of sp³-hybridized carbons (Fsp3) is 0.524. The molecule has 0 radical (unpaired) electrons. The molecule has 4 heterocycles. The molecule has 1 aliphatic heterocycles. The van der Waals surface area contributed by atoms with E-state index in [2.05, 4.69) is 20.1 Å². The van der Waals surface area contributed by atoms with Crippen LogP contribution in [0.4, 0.5) is 14.6 Å². The summed E-state index contributed by atoms with van der Waals surface area (Å²) in [6, 6.07) is 4.42. The number of piperidine rings is 1. The second kappa shape index (κ2) is 10.8. The lowest BCUT2D eigenvalue weighted by molar-refractivity contribution is -0.00255. The van der Waals surface area contributed by atoms with Gasteiger partial charge in [-0.2, -0.15) is 13.5 Å². The minimum atomic E-state index is -3.59. The van der Waals surface area contributed by atoms with E-state index >= 15 is 0 Å². The first kappa shape index (κ1) is 25.3. The zero-order chi connectivity index (χ0) is 25.0. The molecule has 14 heteroatoms. The van der Waals surface area contributed by atoms with Crippen molar-refractivity contribution in [3.05, 3.63) is 36.4 Å². The van der Waals surface area contributed by atoms with Crippen molar-refractivity contribution in [2.75, 3.05) is 51.2 Å². The zero-order valence-corrected chi connectivity index (χ0v) is 20.1. The Hall–Kier alpha value is -2.81. The summed E-state index contributed by atoms with van der Waals surface area (Å²) in [6.07, 6.45) is 1.60. The molecule has 2 unspecified atom stereocenters. The zero-order valence-electron chi connectivity index (χ0n) is 19.3. The molecule has 4 rings (SSSR count). The predicted molar refractivity (Wildman–Crippen MR) is 122 cm³/mol. The highest BCUT2D eigenvalue weighted by molar-refractivity contribution is 7.85. The van der Waals surface area contributed by atoms with E-state index in [4.69, 9.17) is 13.7 Å². The lowest BCUT2D eigenvalue weighted by atomic mass is 9.96. The maximum absolute atomic E-state index is 13.2. The van der Waals surface area contributed by atoms with Crippen LogP contribution in [0.2, 0.25) is 0 Å². The minimum absolute atomic E-state index is 0.0188. The molecule has 35 heavy (non-hydrogen) atoms. The number of rotatable bonds is 10. The third-order valence-corrected chi connectivity index (χ3v) is 6.07. The number of halogens is 2. The number of aromatic nitrogens is 5. The summed E-state index contributed by atoms with van der Waals surface area (Å²) in [7, 11) is -2.00. The van der Waals surface area contributed by atoms with Crippen LogP contribution in [-0.2, 0) is 23.8 Å². The van der Waals surface area contributed by atoms with Crippen LogP contribution in [0.5, 0.6) is 0 Å². The second-order valence-corrected chi connectivity index (χ2v) is 9.86. The average molecular weight is 513 g/mol. The fourth-order valence-corrected chi connectivity index (χ4v) is 4.38. The van der Waals surface area contributed by atoms with Gasteiger partial charge >= 0.3 is 0 Å². The molecule has 0 spiro atoms. The first-order valence-corrected chi connectivity index (χ1v) is 12.7. The fourth-order valence-electron chi connectivity index (χ4n) is 3.94. The molecule has 0 bridgehead atoms. The molecule has 0 aliphatic carbocycles. The van der Waals surface area contributed by atoms with Gasteiger partial charge in [0.2, 0.25) is 0 Å². The van der Waals surface area contributed by atoms with Gasteiger partial charge in [0.1, 0.15) is 23.5 Å². The summed E-state index contributed by atoms with van der Waals surface area (Å²) < 4.78 is 66.7. The molecule has 190 valence electrons. The summed E-state index contributed by atoms with van der Waals surface area (Å²) >= 11 is 0. The predicted octanol–water partition coefficient (Wildman–Crippen LogP) is 1.96. The van der Waals surface area contributed by atoms with Gasteiger partial charge < -0.3 is 14.4 Å². The van der Waals surface area contributed by atoms with Crippen molar-refractivity contribution in [1.82, 2.24) is 24.6 Å². The molecule has 0 aromatic carbocycles. The van der Waals surface area contributed by atoms with Gasteiger partial charge in [-0.3, -0.25) is 4.18 Å². The monoisotopic (exact) mass is 512 g/mol. The van der Waals surface area contributed by atoms with E-state index in [1.807, 2.05) is 4.90 Å². The van der Waals surface area contributed by atoms with E-state index in [1.54, 1.807) is 13.2 Å². The summed E-state index contributed by atoms with van der Waals surface area (Å²) in [6.45, 7) is 1.84. The first-order valence-electron chi connectivity index (χ1n) is 10.9. The molecule has 0 saturated carbocycles. The summed E-state index contributed by atoms with van der Waals surface area (Å²) in [4.78, 5) is 14.9. The van der Waals surface area contributed by atoms with E-state index < -0.39 is 16.5 Å². The van der Waals surface area contributed by atoms with Crippen LogP contribution < -0.4 is 4.90 Å². The molecule has 0 N–H and O–H groups in total. The molecule has 1 aliphatic rings. The van der Waals surface area contributed by atoms with E-state index in [0.29, 0.717) is 55.6 Å². The second-order valence-electron chi connectivity index (χ2n) is 8.21. The Labute approximate surface area is 201 Å².